The second kappa shape index (κ2) is 7.57. The fourth-order valence-corrected chi connectivity index (χ4v) is 5.63. The zero-order valence-corrected chi connectivity index (χ0v) is 19.0. The van der Waals surface area contributed by atoms with Crippen LogP contribution in [-0.4, -0.2) is 38.7 Å². The number of amides is 1. The van der Waals surface area contributed by atoms with Gasteiger partial charge in [0.05, 0.1) is 24.3 Å². The number of aryl methyl sites for hydroxylation is 1. The fraction of sp³-hybridized carbons (Fsp3) is 0.440. The Morgan fingerprint density at radius 1 is 1.24 bits per heavy atom. The van der Waals surface area contributed by atoms with Crippen molar-refractivity contribution in [3.8, 4) is 0 Å². The van der Waals surface area contributed by atoms with Crippen LogP contribution < -0.4 is 16.0 Å². The van der Waals surface area contributed by atoms with Gasteiger partial charge in [-0.05, 0) is 66.3 Å². The third-order valence-electron chi connectivity index (χ3n) is 7.84. The predicted octanol–water partition coefficient (Wildman–Crippen LogP) is 2.73. The van der Waals surface area contributed by atoms with E-state index >= 15 is 0 Å². The maximum atomic E-state index is 12.8. The van der Waals surface area contributed by atoms with Gasteiger partial charge < -0.3 is 16.0 Å². The highest BCUT2D eigenvalue weighted by Crippen LogP contribution is 2.51. The number of hydrogen-bond acceptors (Lipinski definition) is 6. The zero-order valence-electron chi connectivity index (χ0n) is 19.0. The summed E-state index contributed by atoms with van der Waals surface area (Å²) >= 11 is 0. The van der Waals surface area contributed by atoms with Gasteiger partial charge in [0, 0.05) is 31.2 Å². The molecule has 3 N–H and O–H groups in total. The number of nitrogens with zero attached hydrogens (tertiary/aromatic N) is 5. The molecule has 0 aromatic carbocycles. The molecule has 3 aliphatic rings. The van der Waals surface area contributed by atoms with Gasteiger partial charge in [0.25, 0.3) is 5.91 Å². The van der Waals surface area contributed by atoms with Gasteiger partial charge in [0.15, 0.2) is 0 Å². The van der Waals surface area contributed by atoms with Crippen LogP contribution in [0.15, 0.2) is 36.8 Å². The minimum absolute atomic E-state index is 0.0419. The Bertz CT molecular complexity index is 1220. The Hall–Kier alpha value is -3.42. The van der Waals surface area contributed by atoms with Crippen molar-refractivity contribution >= 4 is 17.5 Å². The van der Waals surface area contributed by atoms with E-state index in [9.17, 15) is 4.79 Å². The summed E-state index contributed by atoms with van der Waals surface area (Å²) in [5, 5.41) is 7.54. The molecule has 2 fully saturated rings. The molecule has 1 aliphatic heterocycles. The third-order valence-corrected chi connectivity index (χ3v) is 7.84. The highest BCUT2D eigenvalue weighted by molar-refractivity contribution is 5.94. The molecule has 0 bridgehead atoms. The van der Waals surface area contributed by atoms with Crippen LogP contribution in [0.5, 0.6) is 0 Å². The molecule has 1 saturated carbocycles. The standard InChI is InChI=1S/C25H29N7O/c1-14-20-12-31(13-21(14)20)23-6-3-16(15(2)29-23)10-32-11-17(9-28-32)25(33)30-22-5-4-19-18(22)7-8-27-24(19)26/h3,6-9,11,14,20-22H,4-5,10,12-13H2,1-2H3,(H2,26,27)(H,30,33)/t14?,20-,21+,22-/m1/s1. The van der Waals surface area contributed by atoms with Gasteiger partial charge in [-0.2, -0.15) is 5.10 Å². The van der Waals surface area contributed by atoms with E-state index in [1.807, 2.05) is 13.0 Å². The molecule has 170 valence electrons. The minimum Gasteiger partial charge on any atom is -0.383 e. The van der Waals surface area contributed by atoms with E-state index in [0.717, 1.165) is 71.9 Å². The summed E-state index contributed by atoms with van der Waals surface area (Å²) in [6, 6.07) is 6.16. The van der Waals surface area contributed by atoms with Gasteiger partial charge in [0.2, 0.25) is 0 Å². The number of carbonyl (C=O) groups excluding carboxylic acids is 1. The normalized spacial score (nSPS) is 25.1. The molecule has 33 heavy (non-hydrogen) atoms. The van der Waals surface area contributed by atoms with Gasteiger partial charge in [-0.1, -0.05) is 13.0 Å². The zero-order chi connectivity index (χ0) is 22.7. The van der Waals surface area contributed by atoms with Crippen LogP contribution in [0.3, 0.4) is 0 Å². The number of rotatable bonds is 5. The van der Waals surface area contributed by atoms with E-state index in [0.29, 0.717) is 17.9 Å². The van der Waals surface area contributed by atoms with Gasteiger partial charge in [0.1, 0.15) is 11.6 Å². The second-order valence-corrected chi connectivity index (χ2v) is 9.76. The lowest BCUT2D eigenvalue weighted by molar-refractivity contribution is 0.0936. The molecule has 4 heterocycles. The van der Waals surface area contributed by atoms with Crippen molar-refractivity contribution in [3.63, 3.8) is 0 Å². The second-order valence-electron chi connectivity index (χ2n) is 9.76. The molecular formula is C25H29N7O. The van der Waals surface area contributed by atoms with Crippen molar-refractivity contribution in [2.45, 2.75) is 39.3 Å². The van der Waals surface area contributed by atoms with Crippen LogP contribution in [0.2, 0.25) is 0 Å². The number of carbonyl (C=O) groups is 1. The first-order valence-corrected chi connectivity index (χ1v) is 11.8. The van der Waals surface area contributed by atoms with E-state index in [1.165, 1.54) is 0 Å². The molecule has 3 aromatic heterocycles. The molecule has 0 radical (unpaired) electrons. The molecular weight excluding hydrogens is 414 g/mol. The first kappa shape index (κ1) is 20.2. The molecule has 8 nitrogen and oxygen atoms in total. The Kier molecular flexibility index (Phi) is 4.64. The summed E-state index contributed by atoms with van der Waals surface area (Å²) in [7, 11) is 0. The average molecular weight is 444 g/mol. The van der Waals surface area contributed by atoms with Crippen molar-refractivity contribution in [3.05, 3.63) is 64.7 Å². The largest absolute Gasteiger partial charge is 0.383 e. The van der Waals surface area contributed by atoms with E-state index < -0.39 is 0 Å². The van der Waals surface area contributed by atoms with Crippen molar-refractivity contribution in [2.24, 2.45) is 17.8 Å². The third kappa shape index (κ3) is 3.53. The first-order valence-electron chi connectivity index (χ1n) is 11.8. The number of aromatic nitrogens is 4. The topological polar surface area (TPSA) is 102 Å². The number of fused-ring (bicyclic) bond motifs is 2. The van der Waals surface area contributed by atoms with E-state index in [2.05, 4.69) is 39.4 Å². The van der Waals surface area contributed by atoms with Crippen LogP contribution in [0.25, 0.3) is 0 Å². The monoisotopic (exact) mass is 443 g/mol. The summed E-state index contributed by atoms with van der Waals surface area (Å²) in [6.45, 7) is 7.25. The lowest BCUT2D eigenvalue weighted by atomic mass is 10.1. The number of nitrogens with two attached hydrogens (primary N) is 1. The molecule has 3 aromatic rings. The molecule has 4 atom stereocenters. The quantitative estimate of drug-likeness (QED) is 0.629. The Morgan fingerprint density at radius 2 is 2.06 bits per heavy atom. The predicted molar refractivity (Wildman–Crippen MR) is 126 cm³/mol. The van der Waals surface area contributed by atoms with Crippen molar-refractivity contribution in [1.82, 2.24) is 25.1 Å². The number of pyridine rings is 2. The molecule has 8 heteroatoms. The fourth-order valence-electron chi connectivity index (χ4n) is 5.63. The highest BCUT2D eigenvalue weighted by Gasteiger charge is 2.52. The average Bonchev–Trinajstić information content (AvgIpc) is 3.31. The summed E-state index contributed by atoms with van der Waals surface area (Å²) in [4.78, 5) is 24.3. The SMILES string of the molecule is Cc1nc(N2C[C@@H]3C(C)[C@@H]3C2)ccc1Cn1cc(C(=O)N[C@@H]2CCc3c2ccnc3N)cn1. The van der Waals surface area contributed by atoms with Crippen LogP contribution in [-0.2, 0) is 13.0 Å². The number of piperidine rings is 1. The van der Waals surface area contributed by atoms with Gasteiger partial charge >= 0.3 is 0 Å². The maximum Gasteiger partial charge on any atom is 0.254 e. The number of anilines is 2. The van der Waals surface area contributed by atoms with Crippen molar-refractivity contribution < 1.29 is 4.79 Å². The Labute approximate surface area is 193 Å². The summed E-state index contributed by atoms with van der Waals surface area (Å²) in [6.07, 6.45) is 6.79. The summed E-state index contributed by atoms with van der Waals surface area (Å²) < 4.78 is 1.80. The molecule has 1 saturated heterocycles. The van der Waals surface area contributed by atoms with Crippen LogP contribution >= 0.6 is 0 Å². The van der Waals surface area contributed by atoms with Crippen molar-refractivity contribution in [2.75, 3.05) is 23.7 Å². The molecule has 2 aliphatic carbocycles. The lowest BCUT2D eigenvalue weighted by Crippen LogP contribution is -2.26. The first-order chi connectivity index (χ1) is 16.0. The van der Waals surface area contributed by atoms with E-state index in [4.69, 9.17) is 10.7 Å². The number of hydrogen-bond donors (Lipinski definition) is 2. The summed E-state index contributed by atoms with van der Waals surface area (Å²) in [5.41, 5.74) is 10.8. The molecule has 1 unspecified atom stereocenters. The lowest BCUT2D eigenvalue weighted by Gasteiger charge is -2.21. The Morgan fingerprint density at radius 3 is 2.85 bits per heavy atom. The van der Waals surface area contributed by atoms with Gasteiger partial charge in [-0.25, -0.2) is 9.97 Å². The van der Waals surface area contributed by atoms with E-state index in [-0.39, 0.29) is 11.9 Å². The Balaban J connectivity index is 1.11. The van der Waals surface area contributed by atoms with E-state index in [1.54, 1.807) is 23.3 Å². The van der Waals surface area contributed by atoms with Crippen LogP contribution in [0.1, 0.15) is 52.1 Å². The van der Waals surface area contributed by atoms with Crippen LogP contribution in [0, 0.1) is 24.7 Å². The van der Waals surface area contributed by atoms with Crippen LogP contribution in [0.4, 0.5) is 11.6 Å². The number of nitrogens with one attached hydrogen (secondary N) is 1. The molecule has 6 rings (SSSR count). The molecule has 1 amide bonds. The minimum atomic E-state index is -0.124. The summed E-state index contributed by atoms with van der Waals surface area (Å²) in [5.74, 6) is 4.10. The van der Waals surface area contributed by atoms with Gasteiger partial charge in [-0.3, -0.25) is 9.48 Å². The number of nitrogen functional groups attached to an aromatic ring is 1. The van der Waals surface area contributed by atoms with Crippen molar-refractivity contribution in [1.29, 1.82) is 0 Å². The smallest absolute Gasteiger partial charge is 0.254 e. The maximum absolute atomic E-state index is 12.8. The highest BCUT2D eigenvalue weighted by atomic mass is 16.1. The molecule has 0 spiro atoms. The van der Waals surface area contributed by atoms with Gasteiger partial charge in [-0.15, -0.1) is 0 Å².